The molecule has 80 valence electrons. The molecule has 1 unspecified atom stereocenters. The van der Waals surface area contributed by atoms with Crippen LogP contribution in [0, 0.1) is 5.92 Å². The molecule has 0 amide bonds. The summed E-state index contributed by atoms with van der Waals surface area (Å²) in [6.07, 6.45) is 0.643. The molecule has 5 nitrogen and oxygen atoms in total. The molecule has 1 N–H and O–H groups in total. The molecule has 0 saturated carbocycles. The van der Waals surface area contributed by atoms with Crippen LogP contribution in [0.1, 0.15) is 6.42 Å². The van der Waals surface area contributed by atoms with E-state index in [0.717, 1.165) is 19.4 Å². The van der Waals surface area contributed by atoms with E-state index in [1.165, 1.54) is 0 Å². The van der Waals surface area contributed by atoms with Crippen molar-refractivity contribution in [3.63, 3.8) is 0 Å². The van der Waals surface area contributed by atoms with Crippen LogP contribution in [0.25, 0.3) is 0 Å². The topological polar surface area (TPSA) is 66.8 Å². The van der Waals surface area contributed by atoms with Crippen LogP contribution in [0.3, 0.4) is 0 Å². The third-order valence-electron chi connectivity index (χ3n) is 2.23. The van der Waals surface area contributed by atoms with Crippen molar-refractivity contribution in [1.29, 1.82) is 0 Å². The van der Waals surface area contributed by atoms with Crippen LogP contribution in [0.5, 0.6) is 0 Å². The van der Waals surface area contributed by atoms with Gasteiger partial charge >= 0.3 is 5.97 Å². The van der Waals surface area contributed by atoms with Crippen molar-refractivity contribution in [3.05, 3.63) is 0 Å². The summed E-state index contributed by atoms with van der Waals surface area (Å²) in [6.45, 7) is 3.42. The minimum atomic E-state index is -0.921. The second-order valence-electron chi connectivity index (χ2n) is 3.41. The molecule has 1 atom stereocenters. The van der Waals surface area contributed by atoms with Gasteiger partial charge in [-0.2, -0.15) is 0 Å². The highest BCUT2D eigenvalue weighted by Crippen LogP contribution is 2.05. The van der Waals surface area contributed by atoms with Crippen LogP contribution in [-0.4, -0.2) is 55.1 Å². The molecule has 0 aromatic rings. The Hall–Kier alpha value is -0.940. The maximum Gasteiger partial charge on any atom is 0.304 e. The fourth-order valence-electron chi connectivity index (χ4n) is 1.50. The first kappa shape index (κ1) is 11.1. The number of carboxylic acid groups (broad SMARTS) is 1. The SMILES string of the molecule is O=CC(CC(=O)O)CN1CCOCC1. The molecule has 0 aromatic carbocycles. The predicted molar refractivity (Wildman–Crippen MR) is 49.1 cm³/mol. The van der Waals surface area contributed by atoms with Crippen LogP contribution < -0.4 is 0 Å². The van der Waals surface area contributed by atoms with Crippen LogP contribution in [0.2, 0.25) is 0 Å². The molecule has 0 aliphatic carbocycles. The third kappa shape index (κ3) is 3.85. The Morgan fingerprint density at radius 3 is 2.64 bits per heavy atom. The van der Waals surface area contributed by atoms with Crippen LogP contribution >= 0.6 is 0 Å². The van der Waals surface area contributed by atoms with E-state index in [0.29, 0.717) is 19.8 Å². The summed E-state index contributed by atoms with van der Waals surface area (Å²) in [6, 6.07) is 0. The van der Waals surface area contributed by atoms with Gasteiger partial charge in [-0.15, -0.1) is 0 Å². The summed E-state index contributed by atoms with van der Waals surface area (Å²) in [7, 11) is 0. The van der Waals surface area contributed by atoms with Crippen molar-refractivity contribution in [2.45, 2.75) is 6.42 Å². The number of aliphatic carboxylic acids is 1. The number of hydrogen-bond donors (Lipinski definition) is 1. The van der Waals surface area contributed by atoms with Gasteiger partial charge in [0.15, 0.2) is 0 Å². The number of ether oxygens (including phenoxy) is 1. The Labute approximate surface area is 82.6 Å². The number of carbonyl (C=O) groups excluding carboxylic acids is 1. The summed E-state index contributed by atoms with van der Waals surface area (Å²) >= 11 is 0. The van der Waals surface area contributed by atoms with Gasteiger partial charge in [-0.1, -0.05) is 0 Å². The zero-order valence-corrected chi connectivity index (χ0v) is 8.02. The minimum Gasteiger partial charge on any atom is -0.481 e. The summed E-state index contributed by atoms with van der Waals surface area (Å²) in [4.78, 5) is 23.1. The average molecular weight is 201 g/mol. The van der Waals surface area contributed by atoms with E-state index in [9.17, 15) is 9.59 Å². The lowest BCUT2D eigenvalue weighted by molar-refractivity contribution is -0.139. The van der Waals surface area contributed by atoms with Gasteiger partial charge in [0.1, 0.15) is 6.29 Å². The lowest BCUT2D eigenvalue weighted by Crippen LogP contribution is -2.40. The Kier molecular flexibility index (Phi) is 4.55. The van der Waals surface area contributed by atoms with Crippen LogP contribution in [0.15, 0.2) is 0 Å². The zero-order valence-electron chi connectivity index (χ0n) is 8.02. The molecular weight excluding hydrogens is 186 g/mol. The summed E-state index contributed by atoms with van der Waals surface area (Å²) in [5.41, 5.74) is 0. The highest BCUT2D eigenvalue weighted by atomic mass is 16.5. The van der Waals surface area contributed by atoms with Gasteiger partial charge in [0.2, 0.25) is 0 Å². The summed E-state index contributed by atoms with van der Waals surface area (Å²) in [5, 5.41) is 8.54. The molecule has 14 heavy (non-hydrogen) atoms. The van der Waals surface area contributed by atoms with Crippen molar-refractivity contribution in [1.82, 2.24) is 4.90 Å². The first-order valence-corrected chi connectivity index (χ1v) is 4.69. The largest absolute Gasteiger partial charge is 0.481 e. The number of carboxylic acids is 1. The quantitative estimate of drug-likeness (QED) is 0.613. The van der Waals surface area contributed by atoms with Gasteiger partial charge in [-0.3, -0.25) is 9.69 Å². The van der Waals surface area contributed by atoms with Gasteiger partial charge in [0, 0.05) is 25.6 Å². The molecule has 1 heterocycles. The maximum atomic E-state index is 10.6. The number of aldehydes is 1. The van der Waals surface area contributed by atoms with Gasteiger partial charge in [-0.25, -0.2) is 0 Å². The minimum absolute atomic E-state index is 0.0825. The monoisotopic (exact) mass is 201 g/mol. The standard InChI is InChI=1S/C9H15NO4/c11-7-8(5-9(12)13)6-10-1-3-14-4-2-10/h7-8H,1-6H2,(H,12,13). The van der Waals surface area contributed by atoms with Crippen molar-refractivity contribution < 1.29 is 19.4 Å². The van der Waals surface area contributed by atoms with Crippen molar-refractivity contribution in [2.75, 3.05) is 32.8 Å². The zero-order chi connectivity index (χ0) is 10.4. The van der Waals surface area contributed by atoms with Gasteiger partial charge in [-0.05, 0) is 0 Å². The second-order valence-corrected chi connectivity index (χ2v) is 3.41. The van der Waals surface area contributed by atoms with E-state index in [4.69, 9.17) is 9.84 Å². The van der Waals surface area contributed by atoms with Gasteiger partial charge < -0.3 is 14.6 Å². The Bertz CT molecular complexity index is 201. The maximum absolute atomic E-state index is 10.6. The van der Waals surface area contributed by atoms with Crippen molar-refractivity contribution in [2.24, 2.45) is 5.92 Å². The Balaban J connectivity index is 2.30. The summed E-state index contributed by atoms with van der Waals surface area (Å²) in [5.74, 6) is -1.32. The molecule has 0 aromatic heterocycles. The van der Waals surface area contributed by atoms with Gasteiger partial charge in [0.25, 0.3) is 0 Å². The highest BCUT2D eigenvalue weighted by molar-refractivity contribution is 5.71. The van der Waals surface area contributed by atoms with Gasteiger partial charge in [0.05, 0.1) is 19.6 Å². The Morgan fingerprint density at radius 2 is 2.14 bits per heavy atom. The lowest BCUT2D eigenvalue weighted by atomic mass is 10.1. The van der Waals surface area contributed by atoms with Crippen LogP contribution in [-0.2, 0) is 14.3 Å². The molecular formula is C9H15NO4. The number of carbonyl (C=O) groups is 2. The molecule has 1 rings (SSSR count). The fraction of sp³-hybridized carbons (Fsp3) is 0.778. The molecule has 5 heteroatoms. The molecule has 0 radical (unpaired) electrons. The summed E-state index contributed by atoms with van der Waals surface area (Å²) < 4.78 is 5.15. The first-order valence-electron chi connectivity index (χ1n) is 4.69. The lowest BCUT2D eigenvalue weighted by Gasteiger charge is -2.28. The van der Waals surface area contributed by atoms with Crippen LogP contribution in [0.4, 0.5) is 0 Å². The number of hydrogen-bond acceptors (Lipinski definition) is 4. The van der Waals surface area contributed by atoms with E-state index >= 15 is 0 Å². The number of rotatable bonds is 5. The average Bonchev–Trinajstić information content (AvgIpc) is 2.17. The van der Waals surface area contributed by atoms with E-state index in [2.05, 4.69) is 4.90 Å². The Morgan fingerprint density at radius 1 is 1.50 bits per heavy atom. The van der Waals surface area contributed by atoms with E-state index in [1.807, 2.05) is 0 Å². The fourth-order valence-corrected chi connectivity index (χ4v) is 1.50. The molecule has 1 saturated heterocycles. The second kappa shape index (κ2) is 5.72. The molecule has 1 aliphatic heterocycles. The van der Waals surface area contributed by atoms with E-state index < -0.39 is 11.9 Å². The molecule has 0 spiro atoms. The number of nitrogens with zero attached hydrogens (tertiary/aromatic N) is 1. The van der Waals surface area contributed by atoms with Crippen molar-refractivity contribution >= 4 is 12.3 Å². The highest BCUT2D eigenvalue weighted by Gasteiger charge is 2.18. The predicted octanol–water partition coefficient (Wildman–Crippen LogP) is -0.392. The van der Waals surface area contributed by atoms with E-state index in [1.54, 1.807) is 0 Å². The normalized spacial score (nSPS) is 20.3. The molecule has 1 aliphatic rings. The first-order chi connectivity index (χ1) is 6.72. The van der Waals surface area contributed by atoms with Crippen molar-refractivity contribution in [3.8, 4) is 0 Å². The molecule has 0 bridgehead atoms. The third-order valence-corrected chi connectivity index (χ3v) is 2.23. The smallest absolute Gasteiger partial charge is 0.304 e. The van der Waals surface area contributed by atoms with E-state index in [-0.39, 0.29) is 6.42 Å². The number of morpholine rings is 1. The molecule has 1 fully saturated rings.